The van der Waals surface area contributed by atoms with E-state index < -0.39 is 0 Å². The molecule has 5 nitrogen and oxygen atoms in total. The molecule has 0 aromatic heterocycles. The van der Waals surface area contributed by atoms with Gasteiger partial charge in [-0.1, -0.05) is 12.1 Å². The molecule has 0 saturated carbocycles. The highest BCUT2D eigenvalue weighted by Gasteiger charge is 2.19. The maximum Gasteiger partial charge on any atom is 0.253 e. The predicted octanol–water partition coefficient (Wildman–Crippen LogP) is 3.59. The number of amides is 2. The van der Waals surface area contributed by atoms with Gasteiger partial charge in [0.1, 0.15) is 0 Å². The Hall–Kier alpha value is -2.82. The molecular formula is C21H25N3O2. The molecule has 0 unspecified atom stereocenters. The zero-order valence-corrected chi connectivity index (χ0v) is 15.3. The van der Waals surface area contributed by atoms with Gasteiger partial charge in [0.15, 0.2) is 0 Å². The molecule has 1 aliphatic rings. The van der Waals surface area contributed by atoms with Crippen molar-refractivity contribution in [1.29, 1.82) is 0 Å². The number of carbonyl (C=O) groups excluding carboxylic acids is 2. The summed E-state index contributed by atoms with van der Waals surface area (Å²) >= 11 is 0. The summed E-state index contributed by atoms with van der Waals surface area (Å²) in [6.07, 6.45) is 2.15. The van der Waals surface area contributed by atoms with Gasteiger partial charge >= 0.3 is 0 Å². The van der Waals surface area contributed by atoms with Crippen LogP contribution in [0.3, 0.4) is 0 Å². The lowest BCUT2D eigenvalue weighted by Gasteiger charge is -2.15. The minimum absolute atomic E-state index is 0.0666. The first-order valence-electron chi connectivity index (χ1n) is 9.03. The summed E-state index contributed by atoms with van der Waals surface area (Å²) in [5.74, 6) is -0.0542. The number of nitrogens with zero attached hydrogens (tertiary/aromatic N) is 1. The first-order chi connectivity index (χ1) is 12.5. The van der Waals surface area contributed by atoms with Crippen molar-refractivity contribution in [2.45, 2.75) is 26.7 Å². The van der Waals surface area contributed by atoms with E-state index in [-0.39, 0.29) is 18.4 Å². The first-order valence-corrected chi connectivity index (χ1v) is 9.03. The van der Waals surface area contributed by atoms with Crippen LogP contribution in [0.15, 0.2) is 42.5 Å². The fourth-order valence-corrected chi connectivity index (χ4v) is 3.11. The van der Waals surface area contributed by atoms with Crippen molar-refractivity contribution in [1.82, 2.24) is 4.90 Å². The molecular weight excluding hydrogens is 326 g/mol. The molecule has 0 radical (unpaired) electrons. The van der Waals surface area contributed by atoms with E-state index in [1.54, 1.807) is 24.3 Å². The van der Waals surface area contributed by atoms with E-state index >= 15 is 0 Å². The standard InChI is InChI=1S/C21H25N3O2/c1-15-5-6-16(2)19(13-15)22-14-20(25)23-18-9-7-17(8-10-18)21(26)24-11-3-4-12-24/h5-10,13,22H,3-4,11-12,14H2,1-2H3,(H,23,25). The van der Waals surface area contributed by atoms with E-state index in [4.69, 9.17) is 0 Å². The largest absolute Gasteiger partial charge is 0.376 e. The van der Waals surface area contributed by atoms with E-state index in [1.165, 1.54) is 0 Å². The lowest BCUT2D eigenvalue weighted by Crippen LogP contribution is -2.27. The normalized spacial score (nSPS) is 13.5. The molecule has 2 N–H and O–H groups in total. The number of hydrogen-bond donors (Lipinski definition) is 2. The van der Waals surface area contributed by atoms with Crippen LogP contribution in [0.5, 0.6) is 0 Å². The maximum atomic E-state index is 12.3. The van der Waals surface area contributed by atoms with Crippen LogP contribution in [0, 0.1) is 13.8 Å². The van der Waals surface area contributed by atoms with Gasteiger partial charge in [0, 0.05) is 30.0 Å². The van der Waals surface area contributed by atoms with Crippen molar-refractivity contribution in [3.05, 3.63) is 59.2 Å². The van der Waals surface area contributed by atoms with Gasteiger partial charge in [0.25, 0.3) is 5.91 Å². The van der Waals surface area contributed by atoms with Gasteiger partial charge in [-0.25, -0.2) is 0 Å². The summed E-state index contributed by atoms with van der Waals surface area (Å²) in [6.45, 7) is 5.90. The number of benzene rings is 2. The fraction of sp³-hybridized carbons (Fsp3) is 0.333. The van der Waals surface area contributed by atoms with E-state index in [1.807, 2.05) is 36.9 Å². The van der Waals surface area contributed by atoms with E-state index in [0.717, 1.165) is 42.7 Å². The van der Waals surface area contributed by atoms with Gasteiger partial charge in [-0.2, -0.15) is 0 Å². The lowest BCUT2D eigenvalue weighted by atomic mass is 10.1. The van der Waals surface area contributed by atoms with Crippen LogP contribution in [0.4, 0.5) is 11.4 Å². The van der Waals surface area contributed by atoms with Crippen molar-refractivity contribution >= 4 is 23.2 Å². The van der Waals surface area contributed by atoms with Crippen molar-refractivity contribution in [2.24, 2.45) is 0 Å². The van der Waals surface area contributed by atoms with E-state index in [2.05, 4.69) is 10.6 Å². The van der Waals surface area contributed by atoms with Crippen LogP contribution >= 0.6 is 0 Å². The molecule has 1 saturated heterocycles. The SMILES string of the molecule is Cc1ccc(C)c(NCC(=O)Nc2ccc(C(=O)N3CCCC3)cc2)c1. The summed E-state index contributed by atoms with van der Waals surface area (Å²) in [4.78, 5) is 26.4. The number of hydrogen-bond acceptors (Lipinski definition) is 3. The van der Waals surface area contributed by atoms with Crippen LogP contribution in [0.25, 0.3) is 0 Å². The first kappa shape index (κ1) is 18.0. The summed E-state index contributed by atoms with van der Waals surface area (Å²) in [5.41, 5.74) is 4.57. The summed E-state index contributed by atoms with van der Waals surface area (Å²) in [6, 6.07) is 13.2. The Morgan fingerprint density at radius 1 is 1.00 bits per heavy atom. The minimum atomic E-state index is -0.121. The van der Waals surface area contributed by atoms with Crippen LogP contribution in [0.2, 0.25) is 0 Å². The van der Waals surface area contributed by atoms with Gasteiger partial charge in [-0.15, -0.1) is 0 Å². The molecule has 5 heteroatoms. The highest BCUT2D eigenvalue weighted by molar-refractivity contribution is 5.96. The maximum absolute atomic E-state index is 12.3. The molecule has 1 aliphatic heterocycles. The Kier molecular flexibility index (Phi) is 5.56. The van der Waals surface area contributed by atoms with Crippen LogP contribution in [0.1, 0.15) is 34.3 Å². The average Bonchev–Trinajstić information content (AvgIpc) is 3.17. The molecule has 3 rings (SSSR count). The van der Waals surface area contributed by atoms with Gasteiger partial charge in [-0.3, -0.25) is 9.59 Å². The zero-order valence-electron chi connectivity index (χ0n) is 15.3. The highest BCUT2D eigenvalue weighted by atomic mass is 16.2. The molecule has 26 heavy (non-hydrogen) atoms. The monoisotopic (exact) mass is 351 g/mol. The topological polar surface area (TPSA) is 61.4 Å². The molecule has 2 aromatic rings. The Morgan fingerprint density at radius 2 is 1.69 bits per heavy atom. The molecule has 0 bridgehead atoms. The van der Waals surface area contributed by atoms with Crippen LogP contribution < -0.4 is 10.6 Å². The predicted molar refractivity (Wildman–Crippen MR) is 105 cm³/mol. The molecule has 2 amide bonds. The lowest BCUT2D eigenvalue weighted by molar-refractivity contribution is -0.114. The van der Waals surface area contributed by atoms with Crippen molar-refractivity contribution < 1.29 is 9.59 Å². The molecule has 0 atom stereocenters. The molecule has 0 spiro atoms. The number of carbonyl (C=O) groups is 2. The van der Waals surface area contributed by atoms with Crippen LogP contribution in [-0.4, -0.2) is 36.3 Å². The molecule has 136 valence electrons. The number of likely N-dealkylation sites (tertiary alicyclic amines) is 1. The fourth-order valence-electron chi connectivity index (χ4n) is 3.11. The third kappa shape index (κ3) is 4.42. The summed E-state index contributed by atoms with van der Waals surface area (Å²) in [7, 11) is 0. The second-order valence-corrected chi connectivity index (χ2v) is 6.80. The van der Waals surface area contributed by atoms with Crippen molar-refractivity contribution in [3.8, 4) is 0 Å². The highest BCUT2D eigenvalue weighted by Crippen LogP contribution is 2.17. The van der Waals surface area contributed by atoms with Crippen LogP contribution in [-0.2, 0) is 4.79 Å². The van der Waals surface area contributed by atoms with Gasteiger partial charge < -0.3 is 15.5 Å². The molecule has 0 aliphatic carbocycles. The summed E-state index contributed by atoms with van der Waals surface area (Å²) < 4.78 is 0. The smallest absolute Gasteiger partial charge is 0.253 e. The number of anilines is 2. The Labute approximate surface area is 154 Å². The van der Waals surface area contributed by atoms with Gasteiger partial charge in [0.05, 0.1) is 6.54 Å². The third-order valence-corrected chi connectivity index (χ3v) is 4.64. The molecule has 2 aromatic carbocycles. The quantitative estimate of drug-likeness (QED) is 0.865. The molecule has 1 fully saturated rings. The minimum Gasteiger partial charge on any atom is -0.376 e. The van der Waals surface area contributed by atoms with Crippen molar-refractivity contribution in [3.63, 3.8) is 0 Å². The Morgan fingerprint density at radius 3 is 2.38 bits per heavy atom. The van der Waals surface area contributed by atoms with Gasteiger partial charge in [0.2, 0.25) is 5.91 Å². The average molecular weight is 351 g/mol. The number of aryl methyl sites for hydroxylation is 2. The summed E-state index contributed by atoms with van der Waals surface area (Å²) in [5, 5.41) is 6.02. The van der Waals surface area contributed by atoms with E-state index in [9.17, 15) is 9.59 Å². The Balaban J connectivity index is 1.54. The van der Waals surface area contributed by atoms with E-state index in [0.29, 0.717) is 11.3 Å². The van der Waals surface area contributed by atoms with Gasteiger partial charge in [-0.05, 0) is 68.1 Å². The van der Waals surface area contributed by atoms with Crippen molar-refractivity contribution in [2.75, 3.05) is 30.3 Å². The Bertz CT molecular complexity index is 793. The third-order valence-electron chi connectivity index (χ3n) is 4.64. The zero-order chi connectivity index (χ0) is 18.5. The second kappa shape index (κ2) is 8.04. The molecule has 1 heterocycles. The number of rotatable bonds is 5. The number of nitrogens with one attached hydrogen (secondary N) is 2. The second-order valence-electron chi connectivity index (χ2n) is 6.80.